The number of nitrogens with one attached hydrogen (secondary N) is 1. The van der Waals surface area contributed by atoms with Crippen molar-refractivity contribution >= 4 is 5.91 Å². The van der Waals surface area contributed by atoms with Gasteiger partial charge in [-0.1, -0.05) is 32.6 Å². The van der Waals surface area contributed by atoms with Crippen molar-refractivity contribution in [2.75, 3.05) is 6.67 Å². The van der Waals surface area contributed by atoms with Crippen LogP contribution in [0.4, 0.5) is 0 Å². The van der Waals surface area contributed by atoms with E-state index in [1.165, 1.54) is 38.5 Å². The number of rotatable bonds is 2. The van der Waals surface area contributed by atoms with Gasteiger partial charge >= 0.3 is 0 Å². The summed E-state index contributed by atoms with van der Waals surface area (Å²) in [5, 5.41) is 3.38. The second-order valence-electron chi connectivity index (χ2n) is 5.44. The first kappa shape index (κ1) is 11.9. The summed E-state index contributed by atoms with van der Waals surface area (Å²) < 4.78 is 0. The Bertz CT molecular complexity index is 259. The Labute approximate surface area is 98.6 Å². The molecule has 1 heterocycles. The first-order chi connectivity index (χ1) is 7.67. The maximum atomic E-state index is 12.3. The Morgan fingerprint density at radius 3 is 2.44 bits per heavy atom. The second kappa shape index (κ2) is 4.74. The fourth-order valence-electron chi connectivity index (χ4n) is 2.86. The van der Waals surface area contributed by atoms with Crippen molar-refractivity contribution in [3.8, 4) is 0 Å². The molecule has 1 unspecified atom stereocenters. The first-order valence-electron chi connectivity index (χ1n) is 6.73. The molecule has 92 valence electrons. The van der Waals surface area contributed by atoms with Gasteiger partial charge in [0.2, 0.25) is 5.91 Å². The lowest BCUT2D eigenvalue weighted by atomic mass is 9.98. The van der Waals surface area contributed by atoms with Gasteiger partial charge in [0.15, 0.2) is 0 Å². The molecule has 1 atom stereocenters. The molecule has 0 aromatic carbocycles. The van der Waals surface area contributed by atoms with Crippen molar-refractivity contribution in [3.05, 3.63) is 0 Å². The zero-order valence-corrected chi connectivity index (χ0v) is 10.6. The van der Waals surface area contributed by atoms with Crippen LogP contribution in [0.25, 0.3) is 0 Å². The minimum atomic E-state index is -0.299. The Kier molecular flexibility index (Phi) is 3.53. The van der Waals surface area contributed by atoms with Crippen LogP contribution >= 0.6 is 0 Å². The van der Waals surface area contributed by atoms with Crippen LogP contribution in [-0.4, -0.2) is 29.1 Å². The molecule has 1 saturated heterocycles. The lowest BCUT2D eigenvalue weighted by molar-refractivity contribution is -0.134. The van der Waals surface area contributed by atoms with Crippen LogP contribution in [-0.2, 0) is 4.79 Å². The van der Waals surface area contributed by atoms with E-state index in [0.717, 1.165) is 13.1 Å². The summed E-state index contributed by atoms with van der Waals surface area (Å²) in [5.41, 5.74) is -0.299. The predicted molar refractivity (Wildman–Crippen MR) is 65.0 cm³/mol. The molecule has 1 aliphatic carbocycles. The topological polar surface area (TPSA) is 32.3 Å². The molecule has 3 heteroatoms. The highest BCUT2D eigenvalue weighted by Gasteiger charge is 2.43. The van der Waals surface area contributed by atoms with Crippen molar-refractivity contribution in [2.45, 2.75) is 70.4 Å². The van der Waals surface area contributed by atoms with E-state index in [-0.39, 0.29) is 5.54 Å². The number of hydrogen-bond acceptors (Lipinski definition) is 2. The van der Waals surface area contributed by atoms with Crippen molar-refractivity contribution in [1.82, 2.24) is 10.2 Å². The van der Waals surface area contributed by atoms with Gasteiger partial charge in [-0.2, -0.15) is 0 Å². The van der Waals surface area contributed by atoms with Crippen molar-refractivity contribution in [3.63, 3.8) is 0 Å². The van der Waals surface area contributed by atoms with E-state index in [1.807, 2.05) is 6.92 Å². The summed E-state index contributed by atoms with van der Waals surface area (Å²) in [6, 6.07) is 0.496. The molecular formula is C13H24N2O. The highest BCUT2D eigenvalue weighted by molar-refractivity contribution is 5.88. The maximum Gasteiger partial charge on any atom is 0.243 e. The van der Waals surface area contributed by atoms with Crippen molar-refractivity contribution in [1.29, 1.82) is 0 Å². The second-order valence-corrected chi connectivity index (χ2v) is 5.44. The SMILES string of the molecule is CCC1(C)NCN(C2CCCCCC2)C1=O. The summed E-state index contributed by atoms with van der Waals surface area (Å²) >= 11 is 0. The number of amides is 1. The molecule has 2 fully saturated rings. The Hall–Kier alpha value is -0.570. The van der Waals surface area contributed by atoms with E-state index in [9.17, 15) is 4.79 Å². The van der Waals surface area contributed by atoms with Gasteiger partial charge < -0.3 is 4.90 Å². The Morgan fingerprint density at radius 2 is 1.94 bits per heavy atom. The summed E-state index contributed by atoms with van der Waals surface area (Å²) in [4.78, 5) is 14.4. The molecule has 1 saturated carbocycles. The zero-order chi connectivity index (χ0) is 11.6. The molecule has 1 amide bonds. The van der Waals surface area contributed by atoms with Crippen LogP contribution in [0.3, 0.4) is 0 Å². The molecule has 2 aliphatic rings. The number of hydrogen-bond donors (Lipinski definition) is 1. The van der Waals surface area contributed by atoms with Gasteiger partial charge in [-0.25, -0.2) is 0 Å². The average molecular weight is 224 g/mol. The van der Waals surface area contributed by atoms with Crippen LogP contribution < -0.4 is 5.32 Å². The molecule has 3 nitrogen and oxygen atoms in total. The average Bonchev–Trinajstić information content (AvgIpc) is 2.52. The molecule has 1 N–H and O–H groups in total. The molecule has 0 radical (unpaired) electrons. The van der Waals surface area contributed by atoms with Crippen LogP contribution in [0.5, 0.6) is 0 Å². The first-order valence-corrected chi connectivity index (χ1v) is 6.73. The largest absolute Gasteiger partial charge is 0.325 e. The van der Waals surface area contributed by atoms with Gasteiger partial charge in [-0.15, -0.1) is 0 Å². The third-order valence-corrected chi connectivity index (χ3v) is 4.35. The molecule has 2 rings (SSSR count). The molecule has 0 bridgehead atoms. The van der Waals surface area contributed by atoms with E-state index >= 15 is 0 Å². The Balaban J connectivity index is 2.02. The van der Waals surface area contributed by atoms with E-state index < -0.39 is 0 Å². The summed E-state index contributed by atoms with van der Waals surface area (Å²) in [7, 11) is 0. The number of carbonyl (C=O) groups excluding carboxylic acids is 1. The number of carbonyl (C=O) groups is 1. The monoisotopic (exact) mass is 224 g/mol. The van der Waals surface area contributed by atoms with Crippen LogP contribution in [0.1, 0.15) is 58.8 Å². The number of nitrogens with zero attached hydrogens (tertiary/aromatic N) is 1. The summed E-state index contributed by atoms with van der Waals surface area (Å²) in [5.74, 6) is 0.321. The molecular weight excluding hydrogens is 200 g/mol. The van der Waals surface area contributed by atoms with Gasteiger partial charge in [0.1, 0.15) is 0 Å². The molecule has 1 aliphatic heterocycles. The van der Waals surface area contributed by atoms with Crippen LogP contribution in [0.15, 0.2) is 0 Å². The smallest absolute Gasteiger partial charge is 0.243 e. The summed E-state index contributed by atoms with van der Waals surface area (Å²) in [6.07, 6.45) is 8.55. The van der Waals surface area contributed by atoms with E-state index in [0.29, 0.717) is 11.9 Å². The molecule has 0 spiro atoms. The van der Waals surface area contributed by atoms with Crippen molar-refractivity contribution in [2.24, 2.45) is 0 Å². The van der Waals surface area contributed by atoms with Crippen molar-refractivity contribution < 1.29 is 4.79 Å². The minimum absolute atomic E-state index is 0.299. The fraction of sp³-hybridized carbons (Fsp3) is 0.923. The standard InChI is InChI=1S/C13H24N2O/c1-3-13(2)12(16)15(10-14-13)11-8-6-4-5-7-9-11/h11,14H,3-10H2,1-2H3. The van der Waals surface area contributed by atoms with Gasteiger partial charge in [-0.3, -0.25) is 10.1 Å². The molecule has 0 aromatic rings. The van der Waals surface area contributed by atoms with Gasteiger partial charge in [0.25, 0.3) is 0 Å². The summed E-state index contributed by atoms with van der Waals surface area (Å²) in [6.45, 7) is 4.88. The Morgan fingerprint density at radius 1 is 1.31 bits per heavy atom. The van der Waals surface area contributed by atoms with E-state index in [1.54, 1.807) is 0 Å². The highest BCUT2D eigenvalue weighted by atomic mass is 16.2. The fourth-order valence-corrected chi connectivity index (χ4v) is 2.86. The minimum Gasteiger partial charge on any atom is -0.325 e. The lowest BCUT2D eigenvalue weighted by Gasteiger charge is -2.28. The third-order valence-electron chi connectivity index (χ3n) is 4.35. The molecule has 0 aromatic heterocycles. The highest BCUT2D eigenvalue weighted by Crippen LogP contribution is 2.27. The van der Waals surface area contributed by atoms with Crippen LogP contribution in [0.2, 0.25) is 0 Å². The van der Waals surface area contributed by atoms with Gasteiger partial charge in [-0.05, 0) is 26.2 Å². The predicted octanol–water partition coefficient (Wildman–Crippen LogP) is 2.27. The van der Waals surface area contributed by atoms with E-state index in [2.05, 4.69) is 17.1 Å². The van der Waals surface area contributed by atoms with Crippen LogP contribution in [0, 0.1) is 0 Å². The lowest BCUT2D eigenvalue weighted by Crippen LogP contribution is -2.44. The zero-order valence-electron chi connectivity index (χ0n) is 10.6. The van der Waals surface area contributed by atoms with Gasteiger partial charge in [0, 0.05) is 6.04 Å². The normalized spacial score (nSPS) is 33.1. The maximum absolute atomic E-state index is 12.3. The molecule has 16 heavy (non-hydrogen) atoms. The third kappa shape index (κ3) is 2.10. The van der Waals surface area contributed by atoms with E-state index in [4.69, 9.17) is 0 Å². The quantitative estimate of drug-likeness (QED) is 0.730. The van der Waals surface area contributed by atoms with Gasteiger partial charge in [0.05, 0.1) is 12.2 Å².